The zero-order chi connectivity index (χ0) is 9.26. The number of rotatable bonds is 4. The number of anilines is 1. The lowest BCUT2D eigenvalue weighted by molar-refractivity contribution is 0.532. The highest BCUT2D eigenvalue weighted by Crippen LogP contribution is 2.28. The zero-order valence-corrected chi connectivity index (χ0v) is 8.33. The zero-order valence-electron chi connectivity index (χ0n) is 8.33. The van der Waals surface area contributed by atoms with E-state index in [0.717, 1.165) is 18.2 Å². The second kappa shape index (κ2) is 3.40. The van der Waals surface area contributed by atoms with Crippen molar-refractivity contribution in [2.75, 3.05) is 11.9 Å². The normalized spacial score (nSPS) is 16.5. The molecule has 1 aliphatic carbocycles. The van der Waals surface area contributed by atoms with E-state index in [0.29, 0.717) is 6.04 Å². The minimum atomic E-state index is 0.455. The van der Waals surface area contributed by atoms with Gasteiger partial charge in [-0.2, -0.15) is 5.10 Å². The lowest BCUT2D eigenvalue weighted by Crippen LogP contribution is -2.03. The monoisotopic (exact) mass is 179 g/mol. The second-order valence-electron chi connectivity index (χ2n) is 4.13. The van der Waals surface area contributed by atoms with Crippen LogP contribution < -0.4 is 5.32 Å². The Labute approximate surface area is 79.1 Å². The quantitative estimate of drug-likeness (QED) is 0.768. The van der Waals surface area contributed by atoms with Crippen molar-refractivity contribution in [2.45, 2.75) is 32.7 Å². The van der Waals surface area contributed by atoms with Crippen LogP contribution in [0.15, 0.2) is 12.4 Å². The molecule has 1 aromatic rings. The molecule has 1 saturated carbocycles. The van der Waals surface area contributed by atoms with E-state index >= 15 is 0 Å². The molecule has 3 heteroatoms. The van der Waals surface area contributed by atoms with E-state index in [-0.39, 0.29) is 0 Å². The molecule has 0 aliphatic heterocycles. The summed E-state index contributed by atoms with van der Waals surface area (Å²) in [6.07, 6.45) is 6.77. The van der Waals surface area contributed by atoms with Gasteiger partial charge >= 0.3 is 0 Å². The van der Waals surface area contributed by atoms with E-state index in [9.17, 15) is 0 Å². The van der Waals surface area contributed by atoms with Gasteiger partial charge in [0.2, 0.25) is 0 Å². The fourth-order valence-electron chi connectivity index (χ4n) is 1.30. The molecule has 0 amide bonds. The predicted molar refractivity (Wildman–Crippen MR) is 53.8 cm³/mol. The molecule has 13 heavy (non-hydrogen) atoms. The highest BCUT2D eigenvalue weighted by molar-refractivity contribution is 5.38. The second-order valence-corrected chi connectivity index (χ2v) is 4.13. The van der Waals surface area contributed by atoms with Crippen LogP contribution in [0.5, 0.6) is 0 Å². The molecular formula is C10H17N3. The summed E-state index contributed by atoms with van der Waals surface area (Å²) in [5.41, 5.74) is 1.15. The summed E-state index contributed by atoms with van der Waals surface area (Å²) in [4.78, 5) is 0. The third kappa shape index (κ3) is 2.23. The van der Waals surface area contributed by atoms with Crippen molar-refractivity contribution in [3.63, 3.8) is 0 Å². The van der Waals surface area contributed by atoms with Crippen molar-refractivity contribution in [1.29, 1.82) is 0 Å². The highest BCUT2D eigenvalue weighted by Gasteiger charge is 2.20. The molecule has 2 rings (SSSR count). The first-order chi connectivity index (χ1) is 6.25. The van der Waals surface area contributed by atoms with Crippen molar-refractivity contribution >= 4 is 5.69 Å². The molecule has 0 aromatic carbocycles. The van der Waals surface area contributed by atoms with Gasteiger partial charge in [-0.25, -0.2) is 0 Å². The van der Waals surface area contributed by atoms with E-state index < -0.39 is 0 Å². The molecule has 0 saturated heterocycles. The van der Waals surface area contributed by atoms with Crippen LogP contribution in [0.25, 0.3) is 0 Å². The van der Waals surface area contributed by atoms with E-state index in [2.05, 4.69) is 30.5 Å². The molecular weight excluding hydrogens is 162 g/mol. The maximum atomic E-state index is 4.27. The van der Waals surface area contributed by atoms with E-state index in [1.807, 2.05) is 10.9 Å². The average molecular weight is 179 g/mol. The molecule has 1 fully saturated rings. The Balaban J connectivity index is 1.88. The average Bonchev–Trinajstić information content (AvgIpc) is 2.79. The molecule has 72 valence electrons. The highest BCUT2D eigenvalue weighted by atomic mass is 15.3. The summed E-state index contributed by atoms with van der Waals surface area (Å²) in [7, 11) is 0. The lowest BCUT2D eigenvalue weighted by Gasteiger charge is -2.03. The van der Waals surface area contributed by atoms with Crippen LogP contribution in [-0.2, 0) is 0 Å². The maximum Gasteiger partial charge on any atom is 0.0726 e. The topological polar surface area (TPSA) is 29.9 Å². The number of hydrogen-bond donors (Lipinski definition) is 1. The first-order valence-electron chi connectivity index (χ1n) is 5.03. The molecule has 1 aliphatic rings. The SMILES string of the molecule is CC(C)n1cc(NCC2CC2)cn1. The first-order valence-corrected chi connectivity index (χ1v) is 5.03. The molecule has 0 atom stereocenters. The van der Waals surface area contributed by atoms with Gasteiger partial charge in [-0.15, -0.1) is 0 Å². The van der Waals surface area contributed by atoms with Gasteiger partial charge in [-0.1, -0.05) is 0 Å². The third-order valence-electron chi connectivity index (χ3n) is 2.42. The van der Waals surface area contributed by atoms with Crippen molar-refractivity contribution < 1.29 is 0 Å². The molecule has 0 radical (unpaired) electrons. The van der Waals surface area contributed by atoms with Gasteiger partial charge in [0.05, 0.1) is 11.9 Å². The van der Waals surface area contributed by atoms with E-state index in [4.69, 9.17) is 0 Å². The Kier molecular flexibility index (Phi) is 2.25. The predicted octanol–water partition coefficient (Wildman–Crippen LogP) is 2.29. The molecule has 1 heterocycles. The molecule has 0 bridgehead atoms. The van der Waals surface area contributed by atoms with E-state index in [1.165, 1.54) is 12.8 Å². The smallest absolute Gasteiger partial charge is 0.0726 e. The fraction of sp³-hybridized carbons (Fsp3) is 0.700. The van der Waals surface area contributed by atoms with Crippen LogP contribution in [0.4, 0.5) is 5.69 Å². The summed E-state index contributed by atoms with van der Waals surface area (Å²) in [6.45, 7) is 5.39. The summed E-state index contributed by atoms with van der Waals surface area (Å²) in [5, 5.41) is 7.67. The van der Waals surface area contributed by atoms with E-state index in [1.54, 1.807) is 0 Å². The lowest BCUT2D eigenvalue weighted by atomic mass is 10.4. The Morgan fingerprint density at radius 1 is 1.62 bits per heavy atom. The number of aromatic nitrogens is 2. The molecule has 3 nitrogen and oxygen atoms in total. The number of hydrogen-bond acceptors (Lipinski definition) is 2. The molecule has 1 N–H and O–H groups in total. The fourth-order valence-corrected chi connectivity index (χ4v) is 1.30. The van der Waals surface area contributed by atoms with Gasteiger partial charge in [0.1, 0.15) is 0 Å². The standard InChI is InChI=1S/C10H17N3/c1-8(2)13-7-10(6-12-13)11-5-9-3-4-9/h6-9,11H,3-5H2,1-2H3. The first kappa shape index (κ1) is 8.60. The summed E-state index contributed by atoms with van der Waals surface area (Å²) >= 11 is 0. The largest absolute Gasteiger partial charge is 0.382 e. The van der Waals surface area contributed by atoms with Crippen LogP contribution in [-0.4, -0.2) is 16.3 Å². The molecule has 1 aromatic heterocycles. The third-order valence-corrected chi connectivity index (χ3v) is 2.42. The van der Waals surface area contributed by atoms with Crippen LogP contribution in [0.1, 0.15) is 32.7 Å². The number of nitrogens with zero attached hydrogens (tertiary/aromatic N) is 2. The van der Waals surface area contributed by atoms with Crippen LogP contribution in [0, 0.1) is 5.92 Å². The van der Waals surface area contributed by atoms with Crippen molar-refractivity contribution in [3.05, 3.63) is 12.4 Å². The minimum Gasteiger partial charge on any atom is -0.382 e. The van der Waals surface area contributed by atoms with Gasteiger partial charge in [-0.05, 0) is 32.6 Å². The Morgan fingerprint density at radius 2 is 2.38 bits per heavy atom. The van der Waals surface area contributed by atoms with Crippen LogP contribution in [0.2, 0.25) is 0 Å². The summed E-state index contributed by atoms with van der Waals surface area (Å²) < 4.78 is 1.98. The van der Waals surface area contributed by atoms with Crippen molar-refractivity contribution in [2.24, 2.45) is 5.92 Å². The molecule has 0 unspecified atom stereocenters. The van der Waals surface area contributed by atoms with Crippen LogP contribution in [0.3, 0.4) is 0 Å². The van der Waals surface area contributed by atoms with Gasteiger partial charge in [0.15, 0.2) is 0 Å². The van der Waals surface area contributed by atoms with Crippen molar-refractivity contribution in [3.8, 4) is 0 Å². The maximum absolute atomic E-state index is 4.27. The molecule has 0 spiro atoms. The minimum absolute atomic E-state index is 0.455. The summed E-state index contributed by atoms with van der Waals surface area (Å²) in [6, 6.07) is 0.455. The summed E-state index contributed by atoms with van der Waals surface area (Å²) in [5.74, 6) is 0.919. The van der Waals surface area contributed by atoms with Gasteiger partial charge in [-0.3, -0.25) is 4.68 Å². The van der Waals surface area contributed by atoms with Crippen molar-refractivity contribution in [1.82, 2.24) is 9.78 Å². The van der Waals surface area contributed by atoms with Gasteiger partial charge in [0, 0.05) is 18.8 Å². The van der Waals surface area contributed by atoms with Crippen LogP contribution >= 0.6 is 0 Å². The van der Waals surface area contributed by atoms with Gasteiger partial charge in [0.25, 0.3) is 0 Å². The Bertz CT molecular complexity index is 273. The Morgan fingerprint density at radius 3 is 2.92 bits per heavy atom. The van der Waals surface area contributed by atoms with Gasteiger partial charge < -0.3 is 5.32 Å². The Hall–Kier alpha value is -0.990. The number of nitrogens with one attached hydrogen (secondary N) is 1.